The van der Waals surface area contributed by atoms with Crippen LogP contribution in [0.5, 0.6) is 0 Å². The van der Waals surface area contributed by atoms with Crippen molar-refractivity contribution in [3.05, 3.63) is 69.8 Å². The Morgan fingerprint density at radius 3 is 2.48 bits per heavy atom. The molecule has 1 amide bonds. The first-order valence-corrected chi connectivity index (χ1v) is 8.83. The average molecular weight is 369 g/mol. The Morgan fingerprint density at radius 2 is 1.81 bits per heavy atom. The quantitative estimate of drug-likeness (QED) is 0.599. The van der Waals surface area contributed by atoms with Crippen LogP contribution in [-0.4, -0.2) is 54.0 Å². The third-order valence-corrected chi connectivity index (χ3v) is 4.55. The lowest BCUT2D eigenvalue weighted by Gasteiger charge is -2.32. The summed E-state index contributed by atoms with van der Waals surface area (Å²) >= 11 is 0. The van der Waals surface area contributed by atoms with Crippen LogP contribution in [0.15, 0.2) is 48.5 Å². The second-order valence-corrected chi connectivity index (χ2v) is 6.56. The molecule has 1 aliphatic rings. The highest BCUT2D eigenvalue weighted by molar-refractivity contribution is 5.95. The van der Waals surface area contributed by atoms with E-state index in [9.17, 15) is 14.9 Å². The van der Waals surface area contributed by atoms with Crippen molar-refractivity contribution in [2.24, 2.45) is 0 Å². The zero-order valence-corrected chi connectivity index (χ0v) is 15.2. The number of benzene rings is 2. The van der Waals surface area contributed by atoms with Gasteiger partial charge in [-0.15, -0.1) is 0 Å². The first-order valence-electron chi connectivity index (χ1n) is 8.83. The Kier molecular flexibility index (Phi) is 6.00. The second-order valence-electron chi connectivity index (χ2n) is 6.56. The van der Waals surface area contributed by atoms with Gasteiger partial charge in [0, 0.05) is 44.4 Å². The van der Waals surface area contributed by atoms with Gasteiger partial charge in [0.1, 0.15) is 5.69 Å². The minimum Gasteiger partial charge on any atom is -0.375 e. The van der Waals surface area contributed by atoms with Gasteiger partial charge in [-0.05, 0) is 24.7 Å². The van der Waals surface area contributed by atoms with E-state index in [0.29, 0.717) is 12.2 Å². The van der Waals surface area contributed by atoms with Gasteiger partial charge in [-0.3, -0.25) is 20.3 Å². The van der Waals surface area contributed by atoms with Crippen molar-refractivity contribution in [1.29, 1.82) is 0 Å². The van der Waals surface area contributed by atoms with E-state index in [4.69, 9.17) is 0 Å². The maximum atomic E-state index is 12.5. The molecule has 0 atom stereocenters. The molecule has 3 rings (SSSR count). The summed E-state index contributed by atoms with van der Waals surface area (Å²) in [7, 11) is 2.03. The number of piperazine rings is 1. The zero-order valence-electron chi connectivity index (χ0n) is 15.2. The summed E-state index contributed by atoms with van der Waals surface area (Å²) in [6, 6.07) is 14.1. The van der Waals surface area contributed by atoms with Gasteiger partial charge in [0.2, 0.25) is 0 Å². The second kappa shape index (κ2) is 8.61. The fourth-order valence-electron chi connectivity index (χ4n) is 2.89. The Bertz CT molecular complexity index is 804. The summed E-state index contributed by atoms with van der Waals surface area (Å²) in [4.78, 5) is 25.6. The van der Waals surface area contributed by atoms with E-state index >= 15 is 0 Å². The molecule has 1 aliphatic heterocycles. The normalized spacial score (nSPS) is 15.3. The maximum absolute atomic E-state index is 12.5. The molecule has 0 saturated carbocycles. The molecule has 8 nitrogen and oxygen atoms in total. The lowest BCUT2D eigenvalue weighted by atomic mass is 10.1. The number of carbonyl (C=O) groups is 1. The molecule has 0 bridgehead atoms. The number of carbonyl (C=O) groups excluding carboxylic acids is 1. The van der Waals surface area contributed by atoms with Crippen molar-refractivity contribution >= 4 is 17.3 Å². The molecule has 1 fully saturated rings. The Labute approximate surface area is 157 Å². The number of rotatable bonds is 6. The lowest BCUT2D eigenvalue weighted by molar-refractivity contribution is -0.384. The molecule has 2 aromatic carbocycles. The van der Waals surface area contributed by atoms with Crippen LogP contribution in [0.2, 0.25) is 0 Å². The number of nitro benzene ring substituents is 1. The van der Waals surface area contributed by atoms with E-state index in [1.807, 2.05) is 42.4 Å². The lowest BCUT2D eigenvalue weighted by Crippen LogP contribution is -2.52. The van der Waals surface area contributed by atoms with Gasteiger partial charge in [0.25, 0.3) is 11.6 Å². The molecular weight excluding hydrogens is 346 g/mol. The van der Waals surface area contributed by atoms with Crippen LogP contribution >= 0.6 is 0 Å². The van der Waals surface area contributed by atoms with Crippen LogP contribution in [0, 0.1) is 10.1 Å². The van der Waals surface area contributed by atoms with Gasteiger partial charge < -0.3 is 10.2 Å². The van der Waals surface area contributed by atoms with Crippen molar-refractivity contribution < 1.29 is 9.72 Å². The van der Waals surface area contributed by atoms with E-state index in [2.05, 4.69) is 15.6 Å². The number of nitrogens with zero attached hydrogens (tertiary/aromatic N) is 3. The topological polar surface area (TPSA) is 90.8 Å². The number of anilines is 1. The minimum absolute atomic E-state index is 0.114. The van der Waals surface area contributed by atoms with Crippen molar-refractivity contribution in [3.8, 4) is 0 Å². The standard InChI is InChI=1S/C19H23N5O3/c1-22-9-11-23(12-10-22)21-19(25)16-7-8-17(18(13-16)24(26)27)20-14-15-5-3-2-4-6-15/h2-8,13,20H,9-12,14H2,1H3,(H,21,25). The Balaban J connectivity index is 1.69. The van der Waals surface area contributed by atoms with Crippen molar-refractivity contribution in [3.63, 3.8) is 0 Å². The molecule has 1 saturated heterocycles. The summed E-state index contributed by atoms with van der Waals surface area (Å²) in [5, 5.41) is 16.4. The maximum Gasteiger partial charge on any atom is 0.293 e. The average Bonchev–Trinajstić information content (AvgIpc) is 2.68. The third-order valence-electron chi connectivity index (χ3n) is 4.55. The number of likely N-dealkylation sites (N-methyl/N-ethyl adjacent to an activating group) is 1. The van der Waals surface area contributed by atoms with Crippen LogP contribution in [0.1, 0.15) is 15.9 Å². The van der Waals surface area contributed by atoms with Gasteiger partial charge in [0.05, 0.1) is 4.92 Å². The molecule has 142 valence electrons. The van der Waals surface area contributed by atoms with Gasteiger partial charge in [0.15, 0.2) is 0 Å². The largest absolute Gasteiger partial charge is 0.375 e. The number of hydrogen-bond donors (Lipinski definition) is 2. The van der Waals surface area contributed by atoms with E-state index in [1.165, 1.54) is 6.07 Å². The van der Waals surface area contributed by atoms with E-state index < -0.39 is 4.92 Å². The molecular formula is C19H23N5O3. The molecule has 0 aromatic heterocycles. The van der Waals surface area contributed by atoms with Crippen molar-refractivity contribution in [2.45, 2.75) is 6.54 Å². The summed E-state index contributed by atoms with van der Waals surface area (Å²) in [5.74, 6) is -0.336. The summed E-state index contributed by atoms with van der Waals surface area (Å²) in [6.45, 7) is 3.64. The molecule has 0 aliphatic carbocycles. The SMILES string of the molecule is CN1CCN(NC(=O)c2ccc(NCc3ccccc3)c([N+](=O)[O-])c2)CC1. The minimum atomic E-state index is -0.472. The Hall–Kier alpha value is -2.97. The van der Waals surface area contributed by atoms with Crippen LogP contribution in [0.4, 0.5) is 11.4 Å². The monoisotopic (exact) mass is 369 g/mol. The van der Waals surface area contributed by atoms with Crippen LogP contribution in [-0.2, 0) is 6.54 Å². The molecule has 27 heavy (non-hydrogen) atoms. The smallest absolute Gasteiger partial charge is 0.293 e. The molecule has 2 N–H and O–H groups in total. The van der Waals surface area contributed by atoms with Crippen LogP contribution < -0.4 is 10.7 Å². The van der Waals surface area contributed by atoms with Gasteiger partial charge in [-0.25, -0.2) is 5.01 Å². The first-order chi connectivity index (χ1) is 13.0. The van der Waals surface area contributed by atoms with E-state index in [1.54, 1.807) is 12.1 Å². The zero-order chi connectivity index (χ0) is 19.2. The van der Waals surface area contributed by atoms with E-state index in [0.717, 1.165) is 31.7 Å². The number of hydrogen-bond acceptors (Lipinski definition) is 6. The molecule has 0 spiro atoms. The van der Waals surface area contributed by atoms with Crippen LogP contribution in [0.25, 0.3) is 0 Å². The molecule has 1 heterocycles. The fraction of sp³-hybridized carbons (Fsp3) is 0.316. The van der Waals surface area contributed by atoms with Crippen molar-refractivity contribution in [2.75, 3.05) is 38.5 Å². The number of hydrazine groups is 1. The van der Waals surface area contributed by atoms with Gasteiger partial charge in [-0.1, -0.05) is 30.3 Å². The highest BCUT2D eigenvalue weighted by atomic mass is 16.6. The number of nitro groups is 1. The molecule has 0 unspecified atom stereocenters. The van der Waals surface area contributed by atoms with Gasteiger partial charge >= 0.3 is 0 Å². The highest BCUT2D eigenvalue weighted by Crippen LogP contribution is 2.26. The predicted molar refractivity (Wildman–Crippen MR) is 103 cm³/mol. The Morgan fingerprint density at radius 1 is 1.11 bits per heavy atom. The molecule has 2 aromatic rings. The fourth-order valence-corrected chi connectivity index (χ4v) is 2.89. The molecule has 0 radical (unpaired) electrons. The summed E-state index contributed by atoms with van der Waals surface area (Å²) in [5.41, 5.74) is 4.39. The predicted octanol–water partition coefficient (Wildman–Crippen LogP) is 2.10. The van der Waals surface area contributed by atoms with Gasteiger partial charge in [-0.2, -0.15) is 0 Å². The first kappa shape index (κ1) is 18.8. The van der Waals surface area contributed by atoms with E-state index in [-0.39, 0.29) is 17.2 Å². The summed E-state index contributed by atoms with van der Waals surface area (Å²) < 4.78 is 0. The molecule has 8 heteroatoms. The van der Waals surface area contributed by atoms with Crippen LogP contribution in [0.3, 0.4) is 0 Å². The number of nitrogens with one attached hydrogen (secondary N) is 2. The number of amides is 1. The summed E-state index contributed by atoms with van der Waals surface area (Å²) in [6.07, 6.45) is 0. The highest BCUT2D eigenvalue weighted by Gasteiger charge is 2.20. The van der Waals surface area contributed by atoms with Crippen molar-refractivity contribution in [1.82, 2.24) is 15.3 Å². The third kappa shape index (κ3) is 5.02.